The highest BCUT2D eigenvalue weighted by Gasteiger charge is 2.26. The zero-order chi connectivity index (χ0) is 19.1. The van der Waals surface area contributed by atoms with Crippen LogP contribution in [0.25, 0.3) is 10.9 Å². The third kappa shape index (κ3) is 5.30. The molecule has 0 amide bonds. The standard InChI is InChI=1S/C23H30N3O.BrH/c1-3-15-26(16-4-2,18-20-10-6-5-7-11-20)17-14-25-19-24-22-13-9-8-12-21(22)23(25)27;/h5-13,19H,3-4,14-18H2,1-2H3;1H/q+1;/p-1. The minimum absolute atomic E-state index is 0. The van der Waals surface area contributed by atoms with Crippen molar-refractivity contribution in [2.75, 3.05) is 19.6 Å². The Morgan fingerprint density at radius 1 is 0.893 bits per heavy atom. The van der Waals surface area contributed by atoms with E-state index in [1.807, 2.05) is 24.3 Å². The highest BCUT2D eigenvalue weighted by molar-refractivity contribution is 5.76. The van der Waals surface area contributed by atoms with Crippen molar-refractivity contribution in [3.05, 3.63) is 76.8 Å². The molecule has 0 spiro atoms. The Kier molecular flexibility index (Phi) is 8.39. The predicted molar refractivity (Wildman–Crippen MR) is 112 cm³/mol. The summed E-state index contributed by atoms with van der Waals surface area (Å²) in [7, 11) is 0. The molecule has 0 atom stereocenters. The second-order valence-electron chi connectivity index (χ2n) is 7.42. The first kappa shape index (κ1) is 22.3. The van der Waals surface area contributed by atoms with Crippen LogP contribution in [0.1, 0.15) is 32.3 Å². The summed E-state index contributed by atoms with van der Waals surface area (Å²) in [5.41, 5.74) is 2.20. The van der Waals surface area contributed by atoms with E-state index in [-0.39, 0.29) is 22.5 Å². The van der Waals surface area contributed by atoms with Gasteiger partial charge in [0.25, 0.3) is 5.56 Å². The van der Waals surface area contributed by atoms with Gasteiger partial charge in [-0.2, -0.15) is 0 Å². The van der Waals surface area contributed by atoms with E-state index in [4.69, 9.17) is 0 Å². The number of hydrogen-bond acceptors (Lipinski definition) is 2. The van der Waals surface area contributed by atoms with E-state index in [1.165, 1.54) is 5.56 Å². The predicted octanol–water partition coefficient (Wildman–Crippen LogP) is 1.24. The van der Waals surface area contributed by atoms with E-state index in [9.17, 15) is 4.79 Å². The molecule has 0 radical (unpaired) electrons. The second kappa shape index (κ2) is 10.5. The molecule has 3 aromatic rings. The molecular formula is C23H30BrN3O. The van der Waals surface area contributed by atoms with Crippen molar-refractivity contribution in [1.29, 1.82) is 0 Å². The fraction of sp³-hybridized carbons (Fsp3) is 0.391. The second-order valence-corrected chi connectivity index (χ2v) is 7.42. The molecule has 3 rings (SSSR count). The molecule has 0 bridgehead atoms. The number of quaternary nitrogens is 1. The van der Waals surface area contributed by atoms with Gasteiger partial charge in [-0.3, -0.25) is 9.36 Å². The normalized spacial score (nSPS) is 11.4. The molecule has 0 saturated heterocycles. The van der Waals surface area contributed by atoms with Crippen LogP contribution in [0, 0.1) is 0 Å². The van der Waals surface area contributed by atoms with Gasteiger partial charge in [0.15, 0.2) is 0 Å². The number of aromatic nitrogens is 2. The van der Waals surface area contributed by atoms with Crippen LogP contribution in [0.4, 0.5) is 0 Å². The van der Waals surface area contributed by atoms with Crippen molar-refractivity contribution >= 4 is 10.9 Å². The summed E-state index contributed by atoms with van der Waals surface area (Å²) >= 11 is 0. The molecule has 28 heavy (non-hydrogen) atoms. The van der Waals surface area contributed by atoms with Gasteiger partial charge in [-0.25, -0.2) is 4.98 Å². The lowest BCUT2D eigenvalue weighted by Gasteiger charge is -2.39. The summed E-state index contributed by atoms with van der Waals surface area (Å²) in [6.45, 7) is 9.39. The third-order valence-electron chi connectivity index (χ3n) is 5.30. The summed E-state index contributed by atoms with van der Waals surface area (Å²) in [6, 6.07) is 18.3. The number of halogens is 1. The molecule has 0 fully saturated rings. The van der Waals surface area contributed by atoms with Crippen molar-refractivity contribution in [2.24, 2.45) is 0 Å². The fourth-order valence-electron chi connectivity index (χ4n) is 4.08. The molecule has 0 aliphatic carbocycles. The molecule has 4 nitrogen and oxygen atoms in total. The van der Waals surface area contributed by atoms with Crippen molar-refractivity contribution < 1.29 is 21.5 Å². The number of nitrogens with zero attached hydrogens (tertiary/aromatic N) is 3. The highest BCUT2D eigenvalue weighted by Crippen LogP contribution is 2.17. The fourth-order valence-corrected chi connectivity index (χ4v) is 4.08. The molecule has 5 heteroatoms. The van der Waals surface area contributed by atoms with Gasteiger partial charge in [0.1, 0.15) is 6.54 Å². The lowest BCUT2D eigenvalue weighted by atomic mass is 10.1. The van der Waals surface area contributed by atoms with Crippen molar-refractivity contribution in [2.45, 2.75) is 39.8 Å². The van der Waals surface area contributed by atoms with Gasteiger partial charge in [-0.05, 0) is 25.0 Å². The van der Waals surface area contributed by atoms with Crippen LogP contribution >= 0.6 is 0 Å². The molecule has 0 unspecified atom stereocenters. The molecule has 0 aliphatic rings. The van der Waals surface area contributed by atoms with Crippen LogP contribution in [-0.4, -0.2) is 33.7 Å². The van der Waals surface area contributed by atoms with E-state index in [0.717, 1.165) is 49.0 Å². The van der Waals surface area contributed by atoms with Crippen LogP contribution in [-0.2, 0) is 13.1 Å². The Morgan fingerprint density at radius 2 is 1.54 bits per heavy atom. The van der Waals surface area contributed by atoms with Crippen molar-refractivity contribution in [3.63, 3.8) is 0 Å². The van der Waals surface area contributed by atoms with Gasteiger partial charge in [0, 0.05) is 5.56 Å². The molecule has 1 heterocycles. The molecule has 1 aromatic heterocycles. The first-order chi connectivity index (χ1) is 13.2. The smallest absolute Gasteiger partial charge is 0.261 e. The maximum atomic E-state index is 12.8. The summed E-state index contributed by atoms with van der Waals surface area (Å²) in [5, 5.41) is 0.701. The van der Waals surface area contributed by atoms with Crippen molar-refractivity contribution in [1.82, 2.24) is 9.55 Å². The topological polar surface area (TPSA) is 34.9 Å². The lowest BCUT2D eigenvalue weighted by Crippen LogP contribution is -3.00. The molecule has 0 saturated carbocycles. The Balaban J connectivity index is 0.00000280. The van der Waals surface area contributed by atoms with Crippen LogP contribution in [0.2, 0.25) is 0 Å². The Hall–Kier alpha value is -1.98. The molecular weight excluding hydrogens is 414 g/mol. The Morgan fingerprint density at radius 3 is 2.21 bits per heavy atom. The molecule has 150 valence electrons. The zero-order valence-electron chi connectivity index (χ0n) is 16.9. The minimum atomic E-state index is 0. The highest BCUT2D eigenvalue weighted by atomic mass is 79.9. The van der Waals surface area contributed by atoms with Crippen LogP contribution in [0.3, 0.4) is 0 Å². The summed E-state index contributed by atoms with van der Waals surface area (Å²) in [4.78, 5) is 17.3. The maximum Gasteiger partial charge on any atom is 0.261 e. The monoisotopic (exact) mass is 443 g/mol. The van der Waals surface area contributed by atoms with Crippen LogP contribution in [0.5, 0.6) is 0 Å². The lowest BCUT2D eigenvalue weighted by molar-refractivity contribution is -0.941. The van der Waals surface area contributed by atoms with Gasteiger partial charge in [-0.1, -0.05) is 56.3 Å². The first-order valence-electron chi connectivity index (χ1n) is 10.0. The average Bonchev–Trinajstić information content (AvgIpc) is 2.69. The Bertz CT molecular complexity index is 918. The van der Waals surface area contributed by atoms with Crippen molar-refractivity contribution in [3.8, 4) is 0 Å². The maximum absolute atomic E-state index is 12.8. The van der Waals surface area contributed by atoms with E-state index in [2.05, 4.69) is 49.2 Å². The largest absolute Gasteiger partial charge is 1.00 e. The van der Waals surface area contributed by atoms with Gasteiger partial charge in [0.2, 0.25) is 0 Å². The average molecular weight is 444 g/mol. The van der Waals surface area contributed by atoms with Gasteiger partial charge in [0.05, 0.1) is 43.4 Å². The van der Waals surface area contributed by atoms with Crippen LogP contribution < -0.4 is 22.5 Å². The van der Waals surface area contributed by atoms with E-state index < -0.39 is 0 Å². The Labute approximate surface area is 178 Å². The third-order valence-corrected chi connectivity index (χ3v) is 5.30. The number of fused-ring (bicyclic) bond motifs is 1. The summed E-state index contributed by atoms with van der Waals surface area (Å²) < 4.78 is 2.79. The SMILES string of the molecule is CCC[N+](CCC)(CCn1cnc2ccccc2c1=O)Cc1ccccc1.[Br-]. The number of hydrogen-bond donors (Lipinski definition) is 0. The molecule has 0 aliphatic heterocycles. The zero-order valence-corrected chi connectivity index (χ0v) is 18.4. The number of para-hydroxylation sites is 1. The molecule has 2 aromatic carbocycles. The first-order valence-corrected chi connectivity index (χ1v) is 10.0. The minimum Gasteiger partial charge on any atom is -1.00 e. The number of rotatable bonds is 9. The van der Waals surface area contributed by atoms with Gasteiger partial charge >= 0.3 is 0 Å². The van der Waals surface area contributed by atoms with Crippen LogP contribution in [0.15, 0.2) is 65.7 Å². The van der Waals surface area contributed by atoms with E-state index >= 15 is 0 Å². The molecule has 0 N–H and O–H groups in total. The quantitative estimate of drug-likeness (QED) is 0.466. The summed E-state index contributed by atoms with van der Waals surface area (Å²) in [6.07, 6.45) is 3.98. The van der Waals surface area contributed by atoms with Gasteiger partial charge < -0.3 is 21.5 Å². The van der Waals surface area contributed by atoms with Gasteiger partial charge in [-0.15, -0.1) is 0 Å². The van der Waals surface area contributed by atoms with E-state index in [1.54, 1.807) is 10.9 Å². The van der Waals surface area contributed by atoms with E-state index in [0.29, 0.717) is 11.9 Å². The summed E-state index contributed by atoms with van der Waals surface area (Å²) in [5.74, 6) is 0. The number of benzene rings is 2.